The first-order valence-corrected chi connectivity index (χ1v) is 7.54. The van der Waals surface area contributed by atoms with Gasteiger partial charge in [-0.25, -0.2) is 4.39 Å². The van der Waals surface area contributed by atoms with E-state index in [9.17, 15) is 27.2 Å². The number of amides is 2. The van der Waals surface area contributed by atoms with Crippen LogP contribution in [0.4, 0.5) is 17.6 Å². The van der Waals surface area contributed by atoms with Crippen LogP contribution in [0.15, 0.2) is 24.3 Å². The Hall–Kier alpha value is -2.12. The summed E-state index contributed by atoms with van der Waals surface area (Å²) in [7, 11) is 0. The maximum Gasteiger partial charge on any atom is 0.408 e. The van der Waals surface area contributed by atoms with E-state index in [1.54, 1.807) is 0 Å². The van der Waals surface area contributed by atoms with Crippen LogP contribution < -0.4 is 5.32 Å². The lowest BCUT2D eigenvalue weighted by molar-refractivity contribution is -0.197. The SMILES string of the molecule is CC(=O)N[C@@H]1CC[C@H](C(F)(F)F)N(C(=O)Cc2cccc(F)c2)C1. The van der Waals surface area contributed by atoms with Gasteiger partial charge in [-0.15, -0.1) is 0 Å². The average molecular weight is 346 g/mol. The Morgan fingerprint density at radius 3 is 2.58 bits per heavy atom. The van der Waals surface area contributed by atoms with Crippen LogP contribution in [0, 0.1) is 5.82 Å². The van der Waals surface area contributed by atoms with Gasteiger partial charge in [0.25, 0.3) is 0 Å². The molecule has 132 valence electrons. The van der Waals surface area contributed by atoms with E-state index in [2.05, 4.69) is 5.32 Å². The molecule has 0 unspecified atom stereocenters. The van der Waals surface area contributed by atoms with Crippen molar-refractivity contribution in [2.45, 2.75) is 44.4 Å². The van der Waals surface area contributed by atoms with Gasteiger partial charge in [-0.3, -0.25) is 9.59 Å². The van der Waals surface area contributed by atoms with Crippen LogP contribution in [-0.2, 0) is 16.0 Å². The molecular formula is C16H18F4N2O2. The average Bonchev–Trinajstić information content (AvgIpc) is 2.45. The van der Waals surface area contributed by atoms with E-state index in [0.717, 1.165) is 11.0 Å². The minimum absolute atomic E-state index is 0.146. The minimum Gasteiger partial charge on any atom is -0.352 e. The third-order valence-electron chi connectivity index (χ3n) is 3.93. The third-order valence-corrected chi connectivity index (χ3v) is 3.93. The molecular weight excluding hydrogens is 328 g/mol. The second-order valence-corrected chi connectivity index (χ2v) is 5.89. The number of alkyl halides is 3. The monoisotopic (exact) mass is 346 g/mol. The molecule has 0 radical (unpaired) electrons. The van der Waals surface area contributed by atoms with Crippen molar-refractivity contribution in [3.8, 4) is 0 Å². The maximum atomic E-state index is 13.2. The van der Waals surface area contributed by atoms with E-state index in [1.165, 1.54) is 25.1 Å². The number of piperidine rings is 1. The Labute approximate surface area is 136 Å². The van der Waals surface area contributed by atoms with E-state index in [0.29, 0.717) is 5.56 Å². The number of likely N-dealkylation sites (tertiary alicyclic amines) is 1. The van der Waals surface area contributed by atoms with Crippen molar-refractivity contribution in [3.63, 3.8) is 0 Å². The number of rotatable bonds is 3. The summed E-state index contributed by atoms with van der Waals surface area (Å²) >= 11 is 0. The second kappa shape index (κ2) is 7.19. The first kappa shape index (κ1) is 18.2. The first-order chi connectivity index (χ1) is 11.2. The topological polar surface area (TPSA) is 49.4 Å². The first-order valence-electron chi connectivity index (χ1n) is 7.54. The Bertz CT molecular complexity index is 618. The summed E-state index contributed by atoms with van der Waals surface area (Å²) in [5, 5.41) is 2.55. The molecule has 0 saturated carbocycles. The number of benzene rings is 1. The van der Waals surface area contributed by atoms with Gasteiger partial charge in [-0.1, -0.05) is 12.1 Å². The highest BCUT2D eigenvalue weighted by molar-refractivity contribution is 5.79. The molecule has 8 heteroatoms. The summed E-state index contributed by atoms with van der Waals surface area (Å²) in [6.07, 6.45) is -4.99. The van der Waals surface area contributed by atoms with E-state index < -0.39 is 30.0 Å². The van der Waals surface area contributed by atoms with Crippen LogP contribution in [-0.4, -0.2) is 41.5 Å². The van der Waals surface area contributed by atoms with Gasteiger partial charge in [0.15, 0.2) is 0 Å². The fourth-order valence-corrected chi connectivity index (χ4v) is 2.92. The number of hydrogen-bond acceptors (Lipinski definition) is 2. The van der Waals surface area contributed by atoms with Crippen LogP contribution in [0.25, 0.3) is 0 Å². The van der Waals surface area contributed by atoms with Gasteiger partial charge >= 0.3 is 6.18 Å². The number of nitrogens with zero attached hydrogens (tertiary/aromatic N) is 1. The van der Waals surface area contributed by atoms with Crippen molar-refractivity contribution >= 4 is 11.8 Å². The zero-order valence-electron chi connectivity index (χ0n) is 13.1. The number of carbonyl (C=O) groups is 2. The third kappa shape index (κ3) is 4.69. The molecule has 4 nitrogen and oxygen atoms in total. The van der Waals surface area contributed by atoms with Crippen molar-refractivity contribution in [1.82, 2.24) is 10.2 Å². The zero-order valence-corrected chi connectivity index (χ0v) is 13.1. The fourth-order valence-electron chi connectivity index (χ4n) is 2.92. The van der Waals surface area contributed by atoms with Crippen LogP contribution in [0.1, 0.15) is 25.3 Å². The smallest absolute Gasteiger partial charge is 0.352 e. The van der Waals surface area contributed by atoms with Crippen molar-refractivity contribution in [2.24, 2.45) is 0 Å². The molecule has 2 atom stereocenters. The lowest BCUT2D eigenvalue weighted by Gasteiger charge is -2.40. The van der Waals surface area contributed by atoms with Crippen LogP contribution >= 0.6 is 0 Å². The Kier molecular flexibility index (Phi) is 5.46. The molecule has 1 aromatic carbocycles. The second-order valence-electron chi connectivity index (χ2n) is 5.89. The zero-order chi connectivity index (χ0) is 17.9. The molecule has 1 heterocycles. The summed E-state index contributed by atoms with van der Waals surface area (Å²) < 4.78 is 52.8. The number of hydrogen-bond donors (Lipinski definition) is 1. The van der Waals surface area contributed by atoms with Crippen LogP contribution in [0.5, 0.6) is 0 Å². The van der Waals surface area contributed by atoms with Crippen LogP contribution in [0.3, 0.4) is 0 Å². The van der Waals surface area contributed by atoms with Gasteiger partial charge < -0.3 is 10.2 Å². The molecule has 2 amide bonds. The van der Waals surface area contributed by atoms with Gasteiger partial charge in [-0.05, 0) is 30.5 Å². The Balaban J connectivity index is 2.16. The summed E-state index contributed by atoms with van der Waals surface area (Å²) in [4.78, 5) is 24.2. The largest absolute Gasteiger partial charge is 0.408 e. The molecule has 1 fully saturated rings. The summed E-state index contributed by atoms with van der Waals surface area (Å²) in [6, 6.07) is 2.80. The normalized spacial score (nSPS) is 21.5. The predicted octanol–water partition coefficient (Wildman–Crippen LogP) is 2.43. The molecule has 1 N–H and O–H groups in total. The van der Waals surface area contributed by atoms with Crippen molar-refractivity contribution in [1.29, 1.82) is 0 Å². The minimum atomic E-state index is -4.54. The molecule has 1 aliphatic heterocycles. The molecule has 0 aromatic heterocycles. The molecule has 1 aromatic rings. The Morgan fingerprint density at radius 2 is 2.00 bits per heavy atom. The molecule has 1 aliphatic rings. The lowest BCUT2D eigenvalue weighted by atomic mass is 9.96. The van der Waals surface area contributed by atoms with E-state index in [4.69, 9.17) is 0 Å². The highest BCUT2D eigenvalue weighted by Gasteiger charge is 2.47. The highest BCUT2D eigenvalue weighted by atomic mass is 19.4. The lowest BCUT2D eigenvalue weighted by Crippen LogP contribution is -2.58. The van der Waals surface area contributed by atoms with Gasteiger partial charge in [-0.2, -0.15) is 13.2 Å². The highest BCUT2D eigenvalue weighted by Crippen LogP contribution is 2.32. The van der Waals surface area contributed by atoms with Crippen molar-refractivity contribution in [2.75, 3.05) is 6.54 Å². The number of carbonyl (C=O) groups excluding carboxylic acids is 2. The van der Waals surface area contributed by atoms with Crippen molar-refractivity contribution in [3.05, 3.63) is 35.6 Å². The molecule has 0 bridgehead atoms. The maximum absolute atomic E-state index is 13.2. The number of nitrogens with one attached hydrogen (secondary N) is 1. The molecule has 0 spiro atoms. The van der Waals surface area contributed by atoms with Gasteiger partial charge in [0.1, 0.15) is 11.9 Å². The van der Waals surface area contributed by atoms with Gasteiger partial charge in [0.2, 0.25) is 11.8 Å². The predicted molar refractivity (Wildman–Crippen MR) is 78.5 cm³/mol. The molecule has 1 saturated heterocycles. The van der Waals surface area contributed by atoms with Gasteiger partial charge in [0, 0.05) is 19.5 Å². The number of halogens is 4. The van der Waals surface area contributed by atoms with Crippen LogP contribution in [0.2, 0.25) is 0 Å². The summed E-state index contributed by atoms with van der Waals surface area (Å²) in [5.74, 6) is -1.65. The Morgan fingerprint density at radius 1 is 1.29 bits per heavy atom. The molecule has 2 rings (SSSR count). The quantitative estimate of drug-likeness (QED) is 0.855. The molecule has 0 aliphatic carbocycles. The van der Waals surface area contributed by atoms with Crippen molar-refractivity contribution < 1.29 is 27.2 Å². The standard InChI is InChI=1S/C16H18F4N2O2/c1-10(23)21-13-5-6-14(16(18,19)20)22(9-13)15(24)8-11-3-2-4-12(17)7-11/h2-4,7,13-14H,5-6,8-9H2,1H3,(H,21,23)/t13-,14-/m1/s1. The van der Waals surface area contributed by atoms with E-state index >= 15 is 0 Å². The summed E-state index contributed by atoms with van der Waals surface area (Å²) in [5.41, 5.74) is 0.308. The van der Waals surface area contributed by atoms with Gasteiger partial charge in [0.05, 0.1) is 6.42 Å². The fraction of sp³-hybridized carbons (Fsp3) is 0.500. The van der Waals surface area contributed by atoms with E-state index in [-0.39, 0.29) is 31.7 Å². The molecule has 24 heavy (non-hydrogen) atoms. The summed E-state index contributed by atoms with van der Waals surface area (Å²) in [6.45, 7) is 1.06. The van der Waals surface area contributed by atoms with E-state index in [1.807, 2.05) is 0 Å².